The maximum atomic E-state index is 5.51. The quantitative estimate of drug-likeness (QED) is 0.504. The minimum Gasteiger partial charge on any atom is -0.469 e. The van der Waals surface area contributed by atoms with Gasteiger partial charge in [-0.15, -0.1) is 0 Å². The average molecular weight is 373 g/mol. The molecule has 1 aliphatic carbocycles. The molecule has 1 saturated carbocycles. The van der Waals surface area contributed by atoms with E-state index in [0.717, 1.165) is 49.0 Å². The van der Waals surface area contributed by atoms with Gasteiger partial charge in [0.05, 0.1) is 12.0 Å². The van der Waals surface area contributed by atoms with E-state index < -0.39 is 0 Å². The second kappa shape index (κ2) is 10.2. The van der Waals surface area contributed by atoms with E-state index in [2.05, 4.69) is 35.7 Å². The molecule has 0 atom stereocenters. The Hall–Kier alpha value is -2.24. The summed E-state index contributed by atoms with van der Waals surface area (Å²) >= 11 is 0. The lowest BCUT2D eigenvalue weighted by Crippen LogP contribution is -2.43. The Morgan fingerprint density at radius 2 is 2.07 bits per heavy atom. The zero-order valence-corrected chi connectivity index (χ0v) is 16.5. The maximum absolute atomic E-state index is 5.51. The molecule has 0 aliphatic heterocycles. The van der Waals surface area contributed by atoms with Gasteiger partial charge in [-0.1, -0.05) is 31.8 Å². The van der Waals surface area contributed by atoms with Crippen LogP contribution in [-0.4, -0.2) is 23.7 Å². The molecular formula is C21H32N4O2. The monoisotopic (exact) mass is 372 g/mol. The molecule has 2 heterocycles. The van der Waals surface area contributed by atoms with Crippen LogP contribution in [0, 0.1) is 0 Å². The zero-order chi connectivity index (χ0) is 18.9. The van der Waals surface area contributed by atoms with E-state index in [-0.39, 0.29) is 0 Å². The van der Waals surface area contributed by atoms with Crippen LogP contribution in [0.5, 0.6) is 0 Å². The van der Waals surface area contributed by atoms with Crippen molar-refractivity contribution in [2.45, 2.75) is 77.3 Å². The third-order valence-corrected chi connectivity index (χ3v) is 5.31. The molecule has 1 fully saturated rings. The largest absolute Gasteiger partial charge is 0.469 e. The molecule has 2 aromatic heterocycles. The van der Waals surface area contributed by atoms with Gasteiger partial charge >= 0.3 is 0 Å². The van der Waals surface area contributed by atoms with E-state index in [1.54, 1.807) is 6.26 Å². The van der Waals surface area contributed by atoms with Crippen LogP contribution in [0.4, 0.5) is 0 Å². The summed E-state index contributed by atoms with van der Waals surface area (Å²) in [6.07, 6.45) is 9.70. The van der Waals surface area contributed by atoms with E-state index in [1.807, 2.05) is 12.1 Å². The highest BCUT2D eigenvalue weighted by atomic mass is 16.5. The highest BCUT2D eigenvalue weighted by Crippen LogP contribution is 2.22. The van der Waals surface area contributed by atoms with Crippen molar-refractivity contribution in [1.82, 2.24) is 15.8 Å². The van der Waals surface area contributed by atoms with E-state index >= 15 is 0 Å². The van der Waals surface area contributed by atoms with Crippen LogP contribution in [0.2, 0.25) is 0 Å². The number of hydrogen-bond donors (Lipinski definition) is 2. The van der Waals surface area contributed by atoms with Gasteiger partial charge in [0.15, 0.2) is 11.7 Å². The predicted molar refractivity (Wildman–Crippen MR) is 107 cm³/mol. The minimum atomic E-state index is 0.467. The first-order valence-electron chi connectivity index (χ1n) is 10.3. The van der Waals surface area contributed by atoms with Crippen molar-refractivity contribution in [3.05, 3.63) is 41.7 Å². The van der Waals surface area contributed by atoms with Crippen LogP contribution in [0.15, 0.2) is 38.4 Å². The van der Waals surface area contributed by atoms with Crippen LogP contribution in [0.3, 0.4) is 0 Å². The van der Waals surface area contributed by atoms with Gasteiger partial charge in [0.1, 0.15) is 12.3 Å². The molecule has 3 rings (SSSR count). The lowest BCUT2D eigenvalue weighted by molar-refractivity contribution is 0.372. The lowest BCUT2D eigenvalue weighted by atomic mass is 9.99. The highest BCUT2D eigenvalue weighted by molar-refractivity contribution is 5.80. The molecular weight excluding hydrogens is 340 g/mol. The van der Waals surface area contributed by atoms with Crippen LogP contribution in [-0.2, 0) is 13.0 Å². The summed E-state index contributed by atoms with van der Waals surface area (Å²) in [5.74, 6) is 3.10. The smallest absolute Gasteiger partial charge is 0.191 e. The van der Waals surface area contributed by atoms with Gasteiger partial charge in [0.2, 0.25) is 0 Å². The topological polar surface area (TPSA) is 75.6 Å². The first-order valence-corrected chi connectivity index (χ1v) is 10.3. The van der Waals surface area contributed by atoms with Gasteiger partial charge in [-0.05, 0) is 37.8 Å². The number of furan rings is 1. The van der Waals surface area contributed by atoms with Crippen LogP contribution in [0.1, 0.15) is 75.5 Å². The maximum Gasteiger partial charge on any atom is 0.191 e. The Kier molecular flexibility index (Phi) is 7.36. The SMILES string of the molecule is CCC(CC)c1cc(CN=C(NCCc2ccco2)NC2CCCC2)on1. The summed E-state index contributed by atoms with van der Waals surface area (Å²) < 4.78 is 10.9. The average Bonchev–Trinajstić information content (AvgIpc) is 3.44. The number of aliphatic imine (C=N–C) groups is 1. The molecule has 0 amide bonds. The molecule has 0 saturated heterocycles. The summed E-state index contributed by atoms with van der Waals surface area (Å²) in [5, 5.41) is 11.2. The molecule has 0 aromatic carbocycles. The molecule has 0 spiro atoms. The van der Waals surface area contributed by atoms with Crippen molar-refractivity contribution < 1.29 is 8.94 Å². The molecule has 2 N–H and O–H groups in total. The van der Waals surface area contributed by atoms with Crippen molar-refractivity contribution in [1.29, 1.82) is 0 Å². The zero-order valence-electron chi connectivity index (χ0n) is 16.5. The summed E-state index contributed by atoms with van der Waals surface area (Å²) in [5.41, 5.74) is 1.04. The van der Waals surface area contributed by atoms with Crippen LogP contribution < -0.4 is 10.6 Å². The first-order chi connectivity index (χ1) is 13.3. The normalized spacial score (nSPS) is 15.6. The molecule has 6 nitrogen and oxygen atoms in total. The number of guanidine groups is 1. The molecule has 0 radical (unpaired) electrons. The first kappa shape index (κ1) is 19.5. The van der Waals surface area contributed by atoms with E-state index in [0.29, 0.717) is 18.5 Å². The molecule has 148 valence electrons. The third-order valence-electron chi connectivity index (χ3n) is 5.31. The molecule has 0 bridgehead atoms. The van der Waals surface area contributed by atoms with Crippen LogP contribution in [0.25, 0.3) is 0 Å². The molecule has 6 heteroatoms. The lowest BCUT2D eigenvalue weighted by Gasteiger charge is -2.17. The highest BCUT2D eigenvalue weighted by Gasteiger charge is 2.17. The second-order valence-corrected chi connectivity index (χ2v) is 7.28. The van der Waals surface area contributed by atoms with Crippen molar-refractivity contribution in [3.63, 3.8) is 0 Å². The van der Waals surface area contributed by atoms with Crippen molar-refractivity contribution in [2.24, 2.45) is 4.99 Å². The van der Waals surface area contributed by atoms with Gasteiger partial charge in [-0.2, -0.15) is 0 Å². The van der Waals surface area contributed by atoms with Gasteiger partial charge in [-0.25, -0.2) is 4.99 Å². The number of aromatic nitrogens is 1. The summed E-state index contributed by atoms with van der Waals surface area (Å²) in [6, 6.07) is 6.48. The van der Waals surface area contributed by atoms with Gasteiger partial charge in [0, 0.05) is 31.0 Å². The predicted octanol–water partition coefficient (Wildman–Crippen LogP) is 4.39. The Balaban J connectivity index is 1.58. The molecule has 2 aromatic rings. The summed E-state index contributed by atoms with van der Waals surface area (Å²) in [6.45, 7) is 5.65. The summed E-state index contributed by atoms with van der Waals surface area (Å²) in [7, 11) is 0. The standard InChI is InChI=1S/C21H32N4O2/c1-3-16(4-2)20-14-19(27-25-20)15-23-21(24-17-8-5-6-9-17)22-12-11-18-10-7-13-26-18/h7,10,13-14,16-17H,3-6,8-9,11-12,15H2,1-2H3,(H2,22,23,24). The fourth-order valence-corrected chi connectivity index (χ4v) is 3.63. The van der Waals surface area contributed by atoms with Gasteiger partial charge in [0.25, 0.3) is 0 Å². The Morgan fingerprint density at radius 1 is 1.26 bits per heavy atom. The molecule has 0 unspecified atom stereocenters. The third kappa shape index (κ3) is 5.88. The van der Waals surface area contributed by atoms with E-state index in [4.69, 9.17) is 13.9 Å². The van der Waals surface area contributed by atoms with E-state index in [9.17, 15) is 0 Å². The fraction of sp³-hybridized carbons (Fsp3) is 0.619. The Morgan fingerprint density at radius 3 is 2.78 bits per heavy atom. The van der Waals surface area contributed by atoms with Crippen molar-refractivity contribution in [2.75, 3.05) is 6.54 Å². The minimum absolute atomic E-state index is 0.467. The number of rotatable bonds is 9. The molecule has 1 aliphatic rings. The Labute approximate surface area is 161 Å². The molecule has 27 heavy (non-hydrogen) atoms. The Bertz CT molecular complexity index is 683. The van der Waals surface area contributed by atoms with E-state index in [1.165, 1.54) is 25.7 Å². The number of nitrogens with one attached hydrogen (secondary N) is 2. The van der Waals surface area contributed by atoms with Gasteiger partial charge in [-0.3, -0.25) is 0 Å². The van der Waals surface area contributed by atoms with Crippen LogP contribution >= 0.6 is 0 Å². The van der Waals surface area contributed by atoms with Crippen molar-refractivity contribution in [3.8, 4) is 0 Å². The number of hydrogen-bond acceptors (Lipinski definition) is 4. The second-order valence-electron chi connectivity index (χ2n) is 7.28. The fourth-order valence-electron chi connectivity index (χ4n) is 3.63. The van der Waals surface area contributed by atoms with Gasteiger partial charge < -0.3 is 19.6 Å². The summed E-state index contributed by atoms with van der Waals surface area (Å²) in [4.78, 5) is 4.73. The number of nitrogens with zero attached hydrogens (tertiary/aromatic N) is 2. The van der Waals surface area contributed by atoms with Crippen molar-refractivity contribution >= 4 is 5.96 Å².